The number of nitrogens with one attached hydrogen (secondary N) is 1. The van der Waals surface area contributed by atoms with Crippen LogP contribution in [0.3, 0.4) is 0 Å². The average molecular weight is 276 g/mol. The average Bonchev–Trinajstić information content (AvgIpc) is 2.45. The van der Waals surface area contributed by atoms with Crippen molar-refractivity contribution in [3.05, 3.63) is 24.0 Å². The molecule has 1 saturated carbocycles. The largest absolute Gasteiger partial charge is 0.488 e. The lowest BCUT2D eigenvalue weighted by atomic mass is 9.80. The molecule has 112 valence electrons. The van der Waals surface area contributed by atoms with Crippen molar-refractivity contribution in [2.75, 3.05) is 6.54 Å². The van der Waals surface area contributed by atoms with Crippen LogP contribution in [-0.2, 0) is 6.54 Å². The van der Waals surface area contributed by atoms with Crippen molar-refractivity contribution in [2.45, 2.75) is 59.1 Å². The van der Waals surface area contributed by atoms with E-state index in [1.165, 1.54) is 18.4 Å². The van der Waals surface area contributed by atoms with Gasteiger partial charge in [0.15, 0.2) is 0 Å². The first-order chi connectivity index (χ1) is 9.70. The number of ether oxygens (including phenoxy) is 1. The Morgan fingerprint density at radius 1 is 1.30 bits per heavy atom. The maximum Gasteiger partial charge on any atom is 0.142 e. The summed E-state index contributed by atoms with van der Waals surface area (Å²) < 4.78 is 6.23. The van der Waals surface area contributed by atoms with Crippen LogP contribution in [0.4, 0.5) is 0 Å². The van der Waals surface area contributed by atoms with Crippen LogP contribution < -0.4 is 10.1 Å². The molecule has 1 aliphatic rings. The summed E-state index contributed by atoms with van der Waals surface area (Å²) in [6, 6.07) is 2.06. The van der Waals surface area contributed by atoms with E-state index in [0.29, 0.717) is 6.10 Å². The predicted octanol–water partition coefficient (Wildman–Crippen LogP) is 3.78. The van der Waals surface area contributed by atoms with Gasteiger partial charge in [-0.3, -0.25) is 4.98 Å². The van der Waals surface area contributed by atoms with Gasteiger partial charge in [-0.05, 0) is 50.1 Å². The van der Waals surface area contributed by atoms with Gasteiger partial charge in [-0.1, -0.05) is 20.8 Å². The van der Waals surface area contributed by atoms with Crippen LogP contribution in [0.1, 0.15) is 52.0 Å². The number of pyridine rings is 1. The Bertz CT molecular complexity index is 408. The molecule has 3 heteroatoms. The molecule has 0 radical (unpaired) electrons. The second kappa shape index (κ2) is 7.63. The van der Waals surface area contributed by atoms with Gasteiger partial charge >= 0.3 is 0 Å². The van der Waals surface area contributed by atoms with E-state index in [4.69, 9.17) is 4.74 Å². The number of rotatable bonds is 6. The fraction of sp³-hybridized carbons (Fsp3) is 0.706. The molecular formula is C17H28N2O. The first-order valence-electron chi connectivity index (χ1n) is 8.01. The second-order valence-electron chi connectivity index (χ2n) is 6.17. The van der Waals surface area contributed by atoms with Gasteiger partial charge in [0.1, 0.15) is 5.75 Å². The summed E-state index contributed by atoms with van der Waals surface area (Å²) in [4.78, 5) is 4.22. The molecule has 2 rings (SSSR count). The molecular weight excluding hydrogens is 248 g/mol. The van der Waals surface area contributed by atoms with E-state index in [9.17, 15) is 0 Å². The highest BCUT2D eigenvalue weighted by atomic mass is 16.5. The van der Waals surface area contributed by atoms with Crippen molar-refractivity contribution in [1.82, 2.24) is 10.3 Å². The van der Waals surface area contributed by atoms with E-state index < -0.39 is 0 Å². The van der Waals surface area contributed by atoms with Crippen LogP contribution >= 0.6 is 0 Å². The lowest BCUT2D eigenvalue weighted by molar-refractivity contribution is 0.0992. The zero-order valence-electron chi connectivity index (χ0n) is 13.1. The zero-order valence-corrected chi connectivity index (χ0v) is 13.1. The topological polar surface area (TPSA) is 34.2 Å². The monoisotopic (exact) mass is 276 g/mol. The lowest BCUT2D eigenvalue weighted by Crippen LogP contribution is -2.29. The van der Waals surface area contributed by atoms with Gasteiger partial charge in [-0.25, -0.2) is 0 Å². The van der Waals surface area contributed by atoms with Crippen molar-refractivity contribution in [3.8, 4) is 5.75 Å². The molecule has 1 aliphatic carbocycles. The highest BCUT2D eigenvalue weighted by Gasteiger charge is 2.26. The summed E-state index contributed by atoms with van der Waals surface area (Å²) in [6.07, 6.45) is 8.83. The van der Waals surface area contributed by atoms with Gasteiger partial charge in [0.05, 0.1) is 12.3 Å². The van der Waals surface area contributed by atoms with Crippen molar-refractivity contribution in [3.63, 3.8) is 0 Å². The van der Waals surface area contributed by atoms with Crippen molar-refractivity contribution in [1.29, 1.82) is 0 Å². The Labute approximate surface area is 123 Å². The maximum atomic E-state index is 6.23. The van der Waals surface area contributed by atoms with Crippen LogP contribution in [0, 0.1) is 11.8 Å². The molecule has 1 fully saturated rings. The van der Waals surface area contributed by atoms with Crippen molar-refractivity contribution >= 4 is 0 Å². The third kappa shape index (κ3) is 4.20. The summed E-state index contributed by atoms with van der Waals surface area (Å²) in [5.41, 5.74) is 1.22. The molecule has 0 saturated heterocycles. The SMILES string of the molecule is CCCNCc1ccncc1OC1CCC(C)C(C)C1. The third-order valence-electron chi connectivity index (χ3n) is 4.46. The summed E-state index contributed by atoms with van der Waals surface area (Å²) in [6.45, 7) is 8.78. The summed E-state index contributed by atoms with van der Waals surface area (Å²) in [7, 11) is 0. The second-order valence-corrected chi connectivity index (χ2v) is 6.17. The molecule has 3 atom stereocenters. The van der Waals surface area contributed by atoms with Gasteiger partial charge < -0.3 is 10.1 Å². The molecule has 20 heavy (non-hydrogen) atoms. The van der Waals surface area contributed by atoms with E-state index in [0.717, 1.165) is 43.5 Å². The number of aromatic nitrogens is 1. The van der Waals surface area contributed by atoms with E-state index in [2.05, 4.69) is 37.1 Å². The summed E-state index contributed by atoms with van der Waals surface area (Å²) >= 11 is 0. The Hall–Kier alpha value is -1.09. The normalized spacial score (nSPS) is 26.4. The predicted molar refractivity (Wildman–Crippen MR) is 82.8 cm³/mol. The molecule has 3 nitrogen and oxygen atoms in total. The van der Waals surface area contributed by atoms with Crippen LogP contribution in [0.15, 0.2) is 18.5 Å². The zero-order chi connectivity index (χ0) is 14.4. The molecule has 1 heterocycles. The first kappa shape index (κ1) is 15.3. The Morgan fingerprint density at radius 2 is 2.15 bits per heavy atom. The smallest absolute Gasteiger partial charge is 0.142 e. The quantitative estimate of drug-likeness (QED) is 0.803. The minimum Gasteiger partial charge on any atom is -0.488 e. The third-order valence-corrected chi connectivity index (χ3v) is 4.46. The van der Waals surface area contributed by atoms with Crippen molar-refractivity contribution in [2.24, 2.45) is 11.8 Å². The molecule has 0 amide bonds. The van der Waals surface area contributed by atoms with Gasteiger partial charge in [0.2, 0.25) is 0 Å². The first-order valence-corrected chi connectivity index (χ1v) is 8.01. The van der Waals surface area contributed by atoms with E-state index in [1.54, 1.807) is 0 Å². The molecule has 3 unspecified atom stereocenters. The van der Waals surface area contributed by atoms with E-state index in [1.807, 2.05) is 12.4 Å². The van der Waals surface area contributed by atoms with Gasteiger partial charge in [-0.15, -0.1) is 0 Å². The van der Waals surface area contributed by atoms with Crippen LogP contribution in [0.5, 0.6) is 5.75 Å². The van der Waals surface area contributed by atoms with Gasteiger partial charge in [-0.2, -0.15) is 0 Å². The van der Waals surface area contributed by atoms with Crippen molar-refractivity contribution < 1.29 is 4.74 Å². The Morgan fingerprint density at radius 3 is 2.90 bits per heavy atom. The molecule has 0 bridgehead atoms. The molecule has 0 aromatic carbocycles. The number of hydrogen-bond donors (Lipinski definition) is 1. The van der Waals surface area contributed by atoms with Crippen LogP contribution in [0.2, 0.25) is 0 Å². The molecule has 1 aromatic rings. The highest BCUT2D eigenvalue weighted by Crippen LogP contribution is 2.32. The van der Waals surface area contributed by atoms with Gasteiger partial charge in [0.25, 0.3) is 0 Å². The van der Waals surface area contributed by atoms with Crippen LogP contribution in [-0.4, -0.2) is 17.6 Å². The fourth-order valence-corrected chi connectivity index (χ4v) is 2.85. The fourth-order valence-electron chi connectivity index (χ4n) is 2.85. The minimum absolute atomic E-state index is 0.357. The summed E-state index contributed by atoms with van der Waals surface area (Å²) in [5.74, 6) is 2.55. The molecule has 1 N–H and O–H groups in total. The Kier molecular flexibility index (Phi) is 5.84. The summed E-state index contributed by atoms with van der Waals surface area (Å²) in [5, 5.41) is 3.44. The standard InChI is InChI=1S/C17H28N2O/c1-4-8-18-11-15-7-9-19-12-17(15)20-16-6-5-13(2)14(3)10-16/h7,9,12-14,16,18H,4-6,8,10-11H2,1-3H3. The maximum absolute atomic E-state index is 6.23. The van der Waals surface area contributed by atoms with Gasteiger partial charge in [0, 0.05) is 18.3 Å². The molecule has 1 aromatic heterocycles. The molecule has 0 spiro atoms. The number of hydrogen-bond acceptors (Lipinski definition) is 3. The number of nitrogens with zero attached hydrogens (tertiary/aromatic N) is 1. The van der Waals surface area contributed by atoms with E-state index >= 15 is 0 Å². The Balaban J connectivity index is 1.94. The molecule has 0 aliphatic heterocycles. The minimum atomic E-state index is 0.357. The van der Waals surface area contributed by atoms with E-state index in [-0.39, 0.29) is 0 Å². The highest BCUT2D eigenvalue weighted by molar-refractivity contribution is 5.30. The van der Waals surface area contributed by atoms with Crippen LogP contribution in [0.25, 0.3) is 0 Å². The lowest BCUT2D eigenvalue weighted by Gasteiger charge is -2.32.